The maximum absolute atomic E-state index is 12.8. The van der Waals surface area contributed by atoms with Crippen molar-refractivity contribution < 1.29 is 22.4 Å². The zero-order valence-electron chi connectivity index (χ0n) is 11.9. The molecule has 0 aliphatic rings. The van der Waals surface area contributed by atoms with Gasteiger partial charge in [0.25, 0.3) is 11.5 Å². The number of carbonyl (C=O) groups excluding carboxylic acids is 1. The number of amides is 1. The number of pyridine rings is 1. The summed E-state index contributed by atoms with van der Waals surface area (Å²) in [6.45, 7) is 0.0829. The van der Waals surface area contributed by atoms with E-state index in [1.165, 1.54) is 31.3 Å². The van der Waals surface area contributed by atoms with Crippen LogP contribution in [0.4, 0.5) is 17.6 Å². The minimum absolute atomic E-state index is 0.0829. The zero-order chi connectivity index (χ0) is 17.2. The van der Waals surface area contributed by atoms with E-state index >= 15 is 0 Å². The Hall–Kier alpha value is -2.64. The summed E-state index contributed by atoms with van der Waals surface area (Å²) in [5, 5.41) is 0. The highest BCUT2D eigenvalue weighted by atomic mass is 19.4. The van der Waals surface area contributed by atoms with Crippen LogP contribution in [0.1, 0.15) is 21.6 Å². The van der Waals surface area contributed by atoms with E-state index < -0.39 is 34.7 Å². The quantitative estimate of drug-likeness (QED) is 0.881. The van der Waals surface area contributed by atoms with Gasteiger partial charge in [-0.3, -0.25) is 9.59 Å². The van der Waals surface area contributed by atoms with Gasteiger partial charge in [-0.2, -0.15) is 13.2 Å². The summed E-state index contributed by atoms with van der Waals surface area (Å²) in [6, 6.07) is 6.86. The molecule has 1 amide bonds. The largest absolute Gasteiger partial charge is 0.431 e. The molecule has 0 atom stereocenters. The predicted octanol–water partition coefficient (Wildman–Crippen LogP) is 2.81. The number of aromatic nitrogens is 1. The second-order valence-corrected chi connectivity index (χ2v) is 4.90. The molecule has 8 heteroatoms. The first-order valence-corrected chi connectivity index (χ1v) is 6.49. The first-order valence-electron chi connectivity index (χ1n) is 6.49. The van der Waals surface area contributed by atoms with E-state index in [4.69, 9.17) is 0 Å². The molecule has 1 heterocycles. The molecular weight excluding hydrogens is 316 g/mol. The molecule has 23 heavy (non-hydrogen) atoms. The molecule has 1 aromatic carbocycles. The Morgan fingerprint density at radius 1 is 1.13 bits per heavy atom. The van der Waals surface area contributed by atoms with Crippen LogP contribution in [0.2, 0.25) is 0 Å². The number of nitrogens with one attached hydrogen (secondary N) is 1. The summed E-state index contributed by atoms with van der Waals surface area (Å²) in [4.78, 5) is 26.6. The maximum Gasteiger partial charge on any atom is 0.431 e. The average Bonchev–Trinajstić information content (AvgIpc) is 2.48. The fourth-order valence-corrected chi connectivity index (χ4v) is 1.95. The smallest absolute Gasteiger partial charge is 0.337 e. The Bertz CT molecular complexity index is 766. The van der Waals surface area contributed by atoms with E-state index in [1.54, 1.807) is 4.98 Å². The van der Waals surface area contributed by atoms with Gasteiger partial charge in [-0.15, -0.1) is 0 Å². The van der Waals surface area contributed by atoms with Gasteiger partial charge >= 0.3 is 6.18 Å². The Balaban J connectivity index is 2.19. The number of aromatic amines is 1. The molecule has 2 rings (SSSR count). The topological polar surface area (TPSA) is 53.2 Å². The third kappa shape index (κ3) is 3.97. The second-order valence-electron chi connectivity index (χ2n) is 4.90. The van der Waals surface area contributed by atoms with Crippen molar-refractivity contribution in [3.05, 3.63) is 69.4 Å². The van der Waals surface area contributed by atoms with Gasteiger partial charge in [0.15, 0.2) is 0 Å². The van der Waals surface area contributed by atoms with Crippen molar-refractivity contribution in [1.82, 2.24) is 9.88 Å². The second kappa shape index (κ2) is 6.23. The van der Waals surface area contributed by atoms with Gasteiger partial charge in [-0.1, -0.05) is 12.1 Å². The number of H-pyrrole nitrogens is 1. The van der Waals surface area contributed by atoms with Crippen molar-refractivity contribution in [2.24, 2.45) is 0 Å². The van der Waals surface area contributed by atoms with Crippen LogP contribution in [0.5, 0.6) is 0 Å². The summed E-state index contributed by atoms with van der Waals surface area (Å²) in [6.07, 6.45) is -4.69. The number of halogens is 4. The van der Waals surface area contributed by atoms with Crippen LogP contribution in [-0.2, 0) is 12.7 Å². The first-order chi connectivity index (χ1) is 10.7. The molecule has 0 saturated carbocycles. The lowest BCUT2D eigenvalue weighted by molar-refractivity contribution is -0.141. The minimum Gasteiger partial charge on any atom is -0.337 e. The number of alkyl halides is 3. The van der Waals surface area contributed by atoms with E-state index in [1.807, 2.05) is 0 Å². The van der Waals surface area contributed by atoms with Gasteiger partial charge in [-0.25, -0.2) is 4.39 Å². The summed E-state index contributed by atoms with van der Waals surface area (Å²) in [7, 11) is 1.39. The van der Waals surface area contributed by atoms with Crippen LogP contribution in [0, 0.1) is 5.82 Å². The monoisotopic (exact) mass is 328 g/mol. The van der Waals surface area contributed by atoms with E-state index in [2.05, 4.69) is 0 Å². The number of hydrogen-bond acceptors (Lipinski definition) is 2. The highest BCUT2D eigenvalue weighted by Gasteiger charge is 2.32. The van der Waals surface area contributed by atoms with Crippen molar-refractivity contribution in [2.75, 3.05) is 7.05 Å². The molecule has 1 N–H and O–H groups in total. The number of hydrogen-bond donors (Lipinski definition) is 1. The fourth-order valence-electron chi connectivity index (χ4n) is 1.95. The molecule has 0 saturated heterocycles. The lowest BCUT2D eigenvalue weighted by Gasteiger charge is -2.17. The molecule has 0 fully saturated rings. The van der Waals surface area contributed by atoms with E-state index in [0.29, 0.717) is 11.6 Å². The number of carbonyl (C=O) groups is 1. The molecule has 0 spiro atoms. The first kappa shape index (κ1) is 16.7. The average molecular weight is 328 g/mol. The fraction of sp³-hybridized carbons (Fsp3) is 0.200. The maximum atomic E-state index is 12.8. The highest BCUT2D eigenvalue weighted by Crippen LogP contribution is 2.26. The van der Waals surface area contributed by atoms with Gasteiger partial charge in [0, 0.05) is 13.6 Å². The molecule has 4 nitrogen and oxygen atoms in total. The van der Waals surface area contributed by atoms with Gasteiger partial charge < -0.3 is 9.88 Å². The molecular formula is C15H12F4N2O2. The SMILES string of the molecule is CN(Cc1ccc(F)cc1)C(=O)c1ccc(C(F)(F)F)[nH]c1=O. The summed E-state index contributed by atoms with van der Waals surface area (Å²) in [5.74, 6) is -1.16. The van der Waals surface area contributed by atoms with E-state index in [9.17, 15) is 27.2 Å². The van der Waals surface area contributed by atoms with Crippen LogP contribution in [0.3, 0.4) is 0 Å². The number of nitrogens with zero attached hydrogens (tertiary/aromatic N) is 1. The molecule has 0 radical (unpaired) electrons. The summed E-state index contributed by atoms with van der Waals surface area (Å²) >= 11 is 0. The van der Waals surface area contributed by atoms with Gasteiger partial charge in [0.2, 0.25) is 0 Å². The van der Waals surface area contributed by atoms with Crippen LogP contribution >= 0.6 is 0 Å². The van der Waals surface area contributed by atoms with E-state index in [0.717, 1.165) is 11.0 Å². The molecule has 2 aromatic rings. The third-order valence-corrected chi connectivity index (χ3v) is 3.12. The lowest BCUT2D eigenvalue weighted by Crippen LogP contribution is -2.32. The lowest BCUT2D eigenvalue weighted by atomic mass is 10.2. The molecule has 0 aliphatic carbocycles. The van der Waals surface area contributed by atoms with Gasteiger partial charge in [0.1, 0.15) is 17.1 Å². The Morgan fingerprint density at radius 2 is 1.74 bits per heavy atom. The third-order valence-electron chi connectivity index (χ3n) is 3.12. The number of benzene rings is 1. The summed E-state index contributed by atoms with van der Waals surface area (Å²) in [5.41, 5.74) is -2.12. The van der Waals surface area contributed by atoms with Crippen molar-refractivity contribution in [1.29, 1.82) is 0 Å². The minimum atomic E-state index is -4.69. The van der Waals surface area contributed by atoms with Crippen molar-refractivity contribution in [3.63, 3.8) is 0 Å². The van der Waals surface area contributed by atoms with Gasteiger partial charge in [0.05, 0.1) is 0 Å². The van der Waals surface area contributed by atoms with Crippen molar-refractivity contribution >= 4 is 5.91 Å². The molecule has 122 valence electrons. The molecule has 0 aliphatic heterocycles. The predicted molar refractivity (Wildman–Crippen MR) is 74.3 cm³/mol. The molecule has 0 unspecified atom stereocenters. The Kier molecular flexibility index (Phi) is 4.53. The molecule has 1 aromatic heterocycles. The van der Waals surface area contributed by atoms with E-state index in [-0.39, 0.29) is 6.54 Å². The molecule has 0 bridgehead atoms. The normalized spacial score (nSPS) is 11.3. The number of rotatable bonds is 3. The van der Waals surface area contributed by atoms with Crippen molar-refractivity contribution in [2.45, 2.75) is 12.7 Å². The standard InChI is InChI=1S/C15H12F4N2O2/c1-21(8-9-2-4-10(16)5-3-9)14(23)11-6-7-12(15(17,18)19)20-13(11)22/h2-7H,8H2,1H3,(H,20,22). The van der Waals surface area contributed by atoms with Crippen LogP contribution < -0.4 is 5.56 Å². The highest BCUT2D eigenvalue weighted by molar-refractivity contribution is 5.93. The van der Waals surface area contributed by atoms with Crippen LogP contribution in [0.15, 0.2) is 41.2 Å². The van der Waals surface area contributed by atoms with Gasteiger partial charge in [-0.05, 0) is 29.8 Å². The zero-order valence-corrected chi connectivity index (χ0v) is 11.9. The Labute approximate surface area is 128 Å². The van der Waals surface area contributed by atoms with Crippen molar-refractivity contribution in [3.8, 4) is 0 Å². The van der Waals surface area contributed by atoms with Crippen LogP contribution in [-0.4, -0.2) is 22.8 Å². The Morgan fingerprint density at radius 3 is 2.26 bits per heavy atom. The summed E-state index contributed by atoms with van der Waals surface area (Å²) < 4.78 is 50.3. The van der Waals surface area contributed by atoms with Crippen LogP contribution in [0.25, 0.3) is 0 Å².